The Morgan fingerprint density at radius 2 is 1.93 bits per heavy atom. The fourth-order valence-electron chi connectivity index (χ4n) is 3.96. The van der Waals surface area contributed by atoms with E-state index >= 15 is 0 Å². The van der Waals surface area contributed by atoms with E-state index < -0.39 is 4.87 Å². The highest BCUT2D eigenvalue weighted by Crippen LogP contribution is 2.55. The maximum atomic E-state index is 13.1. The molecule has 146 valence electrons. The van der Waals surface area contributed by atoms with Crippen LogP contribution in [0.3, 0.4) is 0 Å². The van der Waals surface area contributed by atoms with Gasteiger partial charge < -0.3 is 10.2 Å². The SMILES string of the molecule is CN(CCCNC(=O)[C@@]12CCC(=O)N1c1ccccc1S2)Cc1ccccc1. The van der Waals surface area contributed by atoms with Crippen LogP contribution >= 0.6 is 11.8 Å². The lowest BCUT2D eigenvalue weighted by atomic mass is 10.1. The Morgan fingerprint density at radius 3 is 2.75 bits per heavy atom. The fourth-order valence-corrected chi connectivity index (χ4v) is 5.40. The Morgan fingerprint density at radius 1 is 1.18 bits per heavy atom. The Hall–Kier alpha value is -2.31. The van der Waals surface area contributed by atoms with Crippen LogP contribution in [-0.2, 0) is 16.1 Å². The molecule has 2 amide bonds. The predicted molar refractivity (Wildman–Crippen MR) is 112 cm³/mol. The molecule has 2 aromatic carbocycles. The van der Waals surface area contributed by atoms with Gasteiger partial charge in [-0.25, -0.2) is 0 Å². The number of nitrogens with zero attached hydrogens (tertiary/aromatic N) is 2. The van der Waals surface area contributed by atoms with Gasteiger partial charge in [0.1, 0.15) is 0 Å². The second-order valence-electron chi connectivity index (χ2n) is 7.42. The first-order chi connectivity index (χ1) is 13.6. The number of benzene rings is 2. The van der Waals surface area contributed by atoms with E-state index in [-0.39, 0.29) is 11.8 Å². The van der Waals surface area contributed by atoms with Crippen LogP contribution in [0.1, 0.15) is 24.8 Å². The first kappa shape index (κ1) is 19.0. The third-order valence-electron chi connectivity index (χ3n) is 5.33. The highest BCUT2D eigenvalue weighted by Gasteiger charge is 2.57. The van der Waals surface area contributed by atoms with Gasteiger partial charge in [0.2, 0.25) is 5.91 Å². The summed E-state index contributed by atoms with van der Waals surface area (Å²) in [5, 5.41) is 3.08. The topological polar surface area (TPSA) is 52.7 Å². The van der Waals surface area contributed by atoms with Crippen molar-refractivity contribution in [1.82, 2.24) is 10.2 Å². The molecule has 0 saturated carbocycles. The zero-order chi connectivity index (χ0) is 19.6. The molecule has 0 bridgehead atoms. The quantitative estimate of drug-likeness (QED) is 0.731. The van der Waals surface area contributed by atoms with Crippen LogP contribution in [0.4, 0.5) is 5.69 Å². The number of thioether (sulfide) groups is 1. The summed E-state index contributed by atoms with van der Waals surface area (Å²) in [7, 11) is 2.09. The zero-order valence-electron chi connectivity index (χ0n) is 16.1. The summed E-state index contributed by atoms with van der Waals surface area (Å²) in [6.45, 7) is 2.41. The van der Waals surface area contributed by atoms with Crippen molar-refractivity contribution in [2.45, 2.75) is 35.6 Å². The van der Waals surface area contributed by atoms with Gasteiger partial charge in [-0.15, -0.1) is 0 Å². The number of carbonyl (C=O) groups excluding carboxylic acids is 2. The molecular weight excluding hydrogens is 370 g/mol. The molecule has 4 rings (SSSR count). The summed E-state index contributed by atoms with van der Waals surface area (Å²) >= 11 is 1.51. The van der Waals surface area contributed by atoms with E-state index in [2.05, 4.69) is 41.5 Å². The van der Waals surface area contributed by atoms with Crippen molar-refractivity contribution in [1.29, 1.82) is 0 Å². The molecular formula is C22H25N3O2S. The van der Waals surface area contributed by atoms with E-state index in [1.165, 1.54) is 17.3 Å². The summed E-state index contributed by atoms with van der Waals surface area (Å²) in [6, 6.07) is 18.2. The normalized spacial score (nSPS) is 20.4. The number of hydrogen-bond donors (Lipinski definition) is 1. The summed E-state index contributed by atoms with van der Waals surface area (Å²) in [5.41, 5.74) is 2.15. The van der Waals surface area contributed by atoms with Gasteiger partial charge in [0.05, 0.1) is 5.69 Å². The largest absolute Gasteiger partial charge is 0.353 e. The second-order valence-corrected chi connectivity index (χ2v) is 8.74. The molecule has 1 saturated heterocycles. The van der Waals surface area contributed by atoms with E-state index in [1.54, 1.807) is 4.90 Å². The molecule has 0 unspecified atom stereocenters. The minimum absolute atomic E-state index is 0.0372. The lowest BCUT2D eigenvalue weighted by molar-refractivity contribution is -0.124. The van der Waals surface area contributed by atoms with Gasteiger partial charge in [-0.3, -0.25) is 14.5 Å². The summed E-state index contributed by atoms with van der Waals surface area (Å²) < 4.78 is 0. The maximum absolute atomic E-state index is 13.1. The monoisotopic (exact) mass is 395 g/mol. The molecule has 2 heterocycles. The minimum Gasteiger partial charge on any atom is -0.353 e. The van der Waals surface area contributed by atoms with E-state index in [0.29, 0.717) is 19.4 Å². The van der Waals surface area contributed by atoms with Crippen LogP contribution < -0.4 is 10.2 Å². The number of fused-ring (bicyclic) bond motifs is 3. The Balaban J connectivity index is 1.31. The standard InChI is InChI=1S/C22H25N3O2S/c1-24(16-17-8-3-2-4-9-17)15-7-14-23-21(27)22-13-12-20(26)25(22)18-10-5-6-11-19(18)28-22/h2-6,8-11H,7,12-16H2,1H3,(H,23,27)/t22-/m0/s1. The average Bonchev–Trinajstić information content (AvgIpc) is 3.22. The fraction of sp³-hybridized carbons (Fsp3) is 0.364. The lowest BCUT2D eigenvalue weighted by Gasteiger charge is -2.29. The van der Waals surface area contributed by atoms with Crippen LogP contribution in [0.2, 0.25) is 0 Å². The van der Waals surface area contributed by atoms with Crippen LogP contribution in [0.15, 0.2) is 59.5 Å². The second kappa shape index (κ2) is 7.97. The van der Waals surface area contributed by atoms with Crippen molar-refractivity contribution in [2.75, 3.05) is 25.0 Å². The number of hydrogen-bond acceptors (Lipinski definition) is 4. The Kier molecular flexibility index (Phi) is 5.42. The van der Waals surface area contributed by atoms with Gasteiger partial charge in [-0.05, 0) is 44.1 Å². The van der Waals surface area contributed by atoms with Crippen molar-refractivity contribution in [3.8, 4) is 0 Å². The molecule has 2 aliphatic rings. The van der Waals surface area contributed by atoms with Crippen molar-refractivity contribution >= 4 is 29.3 Å². The molecule has 0 aromatic heterocycles. The van der Waals surface area contributed by atoms with Gasteiger partial charge in [0, 0.05) is 24.4 Å². The molecule has 1 N–H and O–H groups in total. The molecule has 0 aliphatic carbocycles. The van der Waals surface area contributed by atoms with E-state index in [0.717, 1.165) is 30.1 Å². The Labute approximate surface area is 170 Å². The number of amides is 2. The van der Waals surface area contributed by atoms with E-state index in [9.17, 15) is 9.59 Å². The molecule has 0 radical (unpaired) electrons. The van der Waals surface area contributed by atoms with Gasteiger partial charge in [-0.2, -0.15) is 0 Å². The molecule has 28 heavy (non-hydrogen) atoms. The van der Waals surface area contributed by atoms with Crippen molar-refractivity contribution in [2.24, 2.45) is 0 Å². The maximum Gasteiger partial charge on any atom is 0.257 e. The molecule has 5 nitrogen and oxygen atoms in total. The zero-order valence-corrected chi connectivity index (χ0v) is 16.9. The smallest absolute Gasteiger partial charge is 0.257 e. The van der Waals surface area contributed by atoms with Gasteiger partial charge >= 0.3 is 0 Å². The predicted octanol–water partition coefficient (Wildman–Crippen LogP) is 3.25. The van der Waals surface area contributed by atoms with Crippen molar-refractivity contribution in [3.63, 3.8) is 0 Å². The van der Waals surface area contributed by atoms with Crippen LogP contribution in [-0.4, -0.2) is 41.7 Å². The number of rotatable bonds is 7. The number of para-hydroxylation sites is 1. The average molecular weight is 396 g/mol. The highest BCUT2D eigenvalue weighted by atomic mass is 32.2. The van der Waals surface area contributed by atoms with Crippen molar-refractivity contribution in [3.05, 3.63) is 60.2 Å². The lowest BCUT2D eigenvalue weighted by Crippen LogP contribution is -2.52. The first-order valence-corrected chi connectivity index (χ1v) is 10.5. The van der Waals surface area contributed by atoms with Gasteiger partial charge in [0.15, 0.2) is 4.87 Å². The van der Waals surface area contributed by atoms with Gasteiger partial charge in [-0.1, -0.05) is 54.2 Å². The van der Waals surface area contributed by atoms with Crippen LogP contribution in [0.25, 0.3) is 0 Å². The van der Waals surface area contributed by atoms with Crippen LogP contribution in [0, 0.1) is 0 Å². The summed E-state index contributed by atoms with van der Waals surface area (Å²) in [5.74, 6) is -0.0135. The highest BCUT2D eigenvalue weighted by molar-refractivity contribution is 8.02. The molecule has 1 fully saturated rings. The molecule has 1 atom stereocenters. The molecule has 2 aliphatic heterocycles. The van der Waals surface area contributed by atoms with E-state index in [1.807, 2.05) is 30.3 Å². The van der Waals surface area contributed by atoms with Crippen molar-refractivity contribution < 1.29 is 9.59 Å². The first-order valence-electron chi connectivity index (χ1n) is 9.72. The molecule has 6 heteroatoms. The number of carbonyl (C=O) groups is 2. The Bertz CT molecular complexity index is 873. The number of nitrogens with one attached hydrogen (secondary N) is 1. The summed E-state index contributed by atoms with van der Waals surface area (Å²) in [6.07, 6.45) is 1.86. The van der Waals surface area contributed by atoms with Gasteiger partial charge in [0.25, 0.3) is 5.91 Å². The third-order valence-corrected chi connectivity index (χ3v) is 6.80. The van der Waals surface area contributed by atoms with Crippen LogP contribution in [0.5, 0.6) is 0 Å². The summed E-state index contributed by atoms with van der Waals surface area (Å²) in [4.78, 5) is 29.7. The third kappa shape index (κ3) is 3.54. The molecule has 0 spiro atoms. The van der Waals surface area contributed by atoms with E-state index in [4.69, 9.17) is 0 Å². The minimum atomic E-state index is -0.809. The number of anilines is 1. The molecule has 2 aromatic rings.